The van der Waals surface area contributed by atoms with E-state index in [1.54, 1.807) is 29.3 Å². The summed E-state index contributed by atoms with van der Waals surface area (Å²) in [6, 6.07) is 8.56. The second-order valence-electron chi connectivity index (χ2n) is 9.75. The number of aromatic amines is 1. The molecule has 1 aromatic heterocycles. The van der Waals surface area contributed by atoms with Gasteiger partial charge in [-0.15, -0.1) is 0 Å². The zero-order valence-corrected chi connectivity index (χ0v) is 23.6. The molecule has 228 valence electrons. The van der Waals surface area contributed by atoms with Crippen LogP contribution in [-0.2, 0) is 22.1 Å². The predicted molar refractivity (Wildman–Crippen MR) is 148 cm³/mol. The Morgan fingerprint density at radius 2 is 1.84 bits per heavy atom. The normalized spacial score (nSPS) is 17.7. The lowest BCUT2D eigenvalue weighted by atomic mass is 9.93. The van der Waals surface area contributed by atoms with Crippen LogP contribution in [0.3, 0.4) is 0 Å². The lowest BCUT2D eigenvalue weighted by Crippen LogP contribution is -2.37. The van der Waals surface area contributed by atoms with Gasteiger partial charge in [0.1, 0.15) is 0 Å². The first-order valence-electron chi connectivity index (χ1n) is 12.8. The second-order valence-corrected chi connectivity index (χ2v) is 11.2. The average Bonchev–Trinajstić information content (AvgIpc) is 3.48. The van der Waals surface area contributed by atoms with E-state index >= 15 is 0 Å². The number of aromatic nitrogens is 2. The number of halogens is 7. The molecule has 0 radical (unpaired) electrons. The van der Waals surface area contributed by atoms with Crippen molar-refractivity contribution in [3.8, 4) is 0 Å². The van der Waals surface area contributed by atoms with E-state index in [9.17, 15) is 35.9 Å². The lowest BCUT2D eigenvalue weighted by molar-refractivity contribution is -0.162. The third-order valence-electron chi connectivity index (χ3n) is 6.78. The van der Waals surface area contributed by atoms with Crippen molar-refractivity contribution in [2.24, 2.45) is 4.99 Å². The highest BCUT2D eigenvalue weighted by Crippen LogP contribution is 2.41. The Hall–Kier alpha value is -3.72. The number of nitrogens with zero attached hydrogens (tertiary/aromatic N) is 4. The number of H-pyrrole nitrogens is 1. The Bertz CT molecular complexity index is 1620. The molecule has 0 aliphatic carbocycles. The maximum Gasteiger partial charge on any atom is 0.422 e. The molecule has 0 bridgehead atoms. The quantitative estimate of drug-likeness (QED) is 0.257. The first kappa shape index (κ1) is 30.7. The molecule has 1 fully saturated rings. The van der Waals surface area contributed by atoms with Crippen molar-refractivity contribution < 1.29 is 40.7 Å². The molecule has 2 aliphatic heterocycles. The molecule has 3 aromatic rings. The third-order valence-corrected chi connectivity index (χ3v) is 8.17. The number of alkyl halides is 6. The molecule has 2 aliphatic rings. The molecule has 0 spiro atoms. The van der Waals surface area contributed by atoms with E-state index in [-0.39, 0.29) is 46.7 Å². The number of allylic oxidation sites excluding steroid dienone is 1. The number of benzene rings is 2. The topological polar surface area (TPSA) is 90.9 Å². The number of amides is 2. The molecule has 1 N–H and O–H groups in total. The van der Waals surface area contributed by atoms with Crippen molar-refractivity contribution in [1.29, 1.82) is 0 Å². The minimum Gasteiger partial charge on any atom is -0.440 e. The SMILES string of the molecule is O=C1N=C(N2CCCN(C(=O)OCC(F)(F)F)CC2)SC1=C(Cc1ccc(Cl)cc1C(F)(F)F)c1ccc2[nH]ncc2c1. The van der Waals surface area contributed by atoms with Crippen LogP contribution in [-0.4, -0.2) is 76.1 Å². The molecule has 1 saturated heterocycles. The van der Waals surface area contributed by atoms with E-state index in [2.05, 4.69) is 19.9 Å². The van der Waals surface area contributed by atoms with Gasteiger partial charge in [-0.25, -0.2) is 4.79 Å². The fraction of sp³-hybridized carbons (Fsp3) is 0.333. The molecule has 0 saturated carbocycles. The molecule has 0 atom stereocenters. The Morgan fingerprint density at radius 3 is 2.58 bits per heavy atom. The minimum atomic E-state index is -4.70. The standard InChI is InChI=1S/C27H22ClF6N5O3S/c28-18-4-2-16(20(12-18)27(32,33)34)11-19(15-3-5-21-17(10-15)13-35-37-21)22-23(40)36-24(43-22)38-6-1-7-39(9-8-38)25(41)42-14-26(29,30)31/h2-5,10,12-13H,1,6-9,11,14H2,(H,35,37). The van der Waals surface area contributed by atoms with Crippen LogP contribution in [0.1, 0.15) is 23.1 Å². The van der Waals surface area contributed by atoms with Crippen LogP contribution in [0, 0.1) is 0 Å². The zero-order valence-electron chi connectivity index (χ0n) is 22.1. The third kappa shape index (κ3) is 7.26. The fourth-order valence-electron chi connectivity index (χ4n) is 4.75. The number of amidine groups is 1. The highest BCUT2D eigenvalue weighted by Gasteiger charge is 2.36. The summed E-state index contributed by atoms with van der Waals surface area (Å²) in [7, 11) is 0. The van der Waals surface area contributed by atoms with Gasteiger partial charge < -0.3 is 14.5 Å². The molecule has 3 heterocycles. The maximum atomic E-state index is 14.0. The van der Waals surface area contributed by atoms with Gasteiger partial charge in [-0.3, -0.25) is 9.89 Å². The van der Waals surface area contributed by atoms with Crippen molar-refractivity contribution in [2.45, 2.75) is 25.2 Å². The van der Waals surface area contributed by atoms with Crippen molar-refractivity contribution in [2.75, 3.05) is 32.8 Å². The zero-order chi connectivity index (χ0) is 30.9. The van der Waals surface area contributed by atoms with E-state index in [1.807, 2.05) is 0 Å². The molecular weight excluding hydrogens is 624 g/mol. The summed E-state index contributed by atoms with van der Waals surface area (Å²) in [5.41, 5.74) is 0.497. The highest BCUT2D eigenvalue weighted by molar-refractivity contribution is 8.18. The Balaban J connectivity index is 1.43. The Kier molecular flexibility index (Phi) is 8.65. The van der Waals surface area contributed by atoms with Gasteiger partial charge in [-0.2, -0.15) is 36.4 Å². The number of ether oxygens (including phenoxy) is 1. The van der Waals surface area contributed by atoms with Crippen molar-refractivity contribution in [3.63, 3.8) is 0 Å². The minimum absolute atomic E-state index is 0.0211. The van der Waals surface area contributed by atoms with Gasteiger partial charge in [0, 0.05) is 36.6 Å². The average molecular weight is 646 g/mol. The predicted octanol–water partition coefficient (Wildman–Crippen LogP) is 6.52. The van der Waals surface area contributed by atoms with Gasteiger partial charge in [-0.05, 0) is 65.6 Å². The number of fused-ring (bicyclic) bond motifs is 1. The molecule has 8 nitrogen and oxygen atoms in total. The van der Waals surface area contributed by atoms with E-state index in [4.69, 9.17) is 11.6 Å². The number of thioether (sulfide) groups is 1. The van der Waals surface area contributed by atoms with Gasteiger partial charge in [0.05, 0.1) is 22.2 Å². The van der Waals surface area contributed by atoms with Crippen LogP contribution in [0.25, 0.3) is 16.5 Å². The van der Waals surface area contributed by atoms with Crippen LogP contribution in [0.2, 0.25) is 5.02 Å². The number of aliphatic imine (C=N–C) groups is 1. The summed E-state index contributed by atoms with van der Waals surface area (Å²) >= 11 is 6.87. The molecule has 43 heavy (non-hydrogen) atoms. The number of carbonyl (C=O) groups is 2. The van der Waals surface area contributed by atoms with E-state index in [1.165, 1.54) is 12.1 Å². The lowest BCUT2D eigenvalue weighted by Gasteiger charge is -2.22. The van der Waals surface area contributed by atoms with E-state index in [0.29, 0.717) is 35.0 Å². The molecule has 2 aromatic carbocycles. The highest BCUT2D eigenvalue weighted by atomic mass is 35.5. The van der Waals surface area contributed by atoms with Crippen LogP contribution in [0.4, 0.5) is 31.1 Å². The Labute approximate surface area is 249 Å². The van der Waals surface area contributed by atoms with Crippen molar-refractivity contribution >= 4 is 57.0 Å². The summed E-state index contributed by atoms with van der Waals surface area (Å²) in [5, 5.41) is 7.67. The number of carbonyl (C=O) groups excluding carboxylic acids is 2. The molecule has 2 amide bonds. The first-order chi connectivity index (χ1) is 20.3. The van der Waals surface area contributed by atoms with Crippen LogP contribution in [0.15, 0.2) is 52.5 Å². The van der Waals surface area contributed by atoms with Gasteiger partial charge in [-0.1, -0.05) is 23.7 Å². The fourth-order valence-corrected chi connectivity index (χ4v) is 5.99. The van der Waals surface area contributed by atoms with Crippen LogP contribution < -0.4 is 0 Å². The van der Waals surface area contributed by atoms with Crippen molar-refractivity contribution in [3.05, 3.63) is 69.2 Å². The molecule has 5 rings (SSSR count). The summed E-state index contributed by atoms with van der Waals surface area (Å²) in [4.78, 5) is 32.6. The number of hydrogen-bond donors (Lipinski definition) is 1. The number of hydrogen-bond acceptors (Lipinski definition) is 6. The van der Waals surface area contributed by atoms with E-state index in [0.717, 1.165) is 22.7 Å². The van der Waals surface area contributed by atoms with Crippen molar-refractivity contribution in [1.82, 2.24) is 20.0 Å². The van der Waals surface area contributed by atoms with Gasteiger partial charge in [0.25, 0.3) is 5.91 Å². The van der Waals surface area contributed by atoms with Gasteiger partial charge in [0.2, 0.25) is 0 Å². The largest absolute Gasteiger partial charge is 0.440 e. The number of nitrogens with one attached hydrogen (secondary N) is 1. The summed E-state index contributed by atoms with van der Waals surface area (Å²) < 4.78 is 83.6. The monoisotopic (exact) mass is 645 g/mol. The van der Waals surface area contributed by atoms with Crippen LogP contribution >= 0.6 is 23.4 Å². The Morgan fingerprint density at radius 1 is 1.05 bits per heavy atom. The molecular formula is C27H22ClF6N5O3S. The summed E-state index contributed by atoms with van der Waals surface area (Å²) in [6.07, 6.45) is -8.80. The smallest absolute Gasteiger partial charge is 0.422 e. The van der Waals surface area contributed by atoms with Crippen LogP contribution in [0.5, 0.6) is 0 Å². The molecule has 16 heteroatoms. The maximum absolute atomic E-state index is 14.0. The summed E-state index contributed by atoms with van der Waals surface area (Å²) in [6.45, 7) is -1.06. The number of rotatable bonds is 4. The first-order valence-corrected chi connectivity index (χ1v) is 14.0. The van der Waals surface area contributed by atoms with Gasteiger partial charge in [0.15, 0.2) is 11.8 Å². The van der Waals surface area contributed by atoms with E-state index < -0.39 is 36.5 Å². The van der Waals surface area contributed by atoms with Gasteiger partial charge >= 0.3 is 18.4 Å². The second kappa shape index (κ2) is 12.1. The molecule has 0 unspecified atom stereocenters. The summed E-state index contributed by atoms with van der Waals surface area (Å²) in [5.74, 6) is -0.643.